The van der Waals surface area contributed by atoms with E-state index in [2.05, 4.69) is 30.6 Å². The van der Waals surface area contributed by atoms with E-state index in [1.165, 1.54) is 19.4 Å². The van der Waals surface area contributed by atoms with Crippen LogP contribution in [0.2, 0.25) is 0 Å². The number of nitrogens with zero attached hydrogens (tertiary/aromatic N) is 2. The van der Waals surface area contributed by atoms with Gasteiger partial charge in [0.2, 0.25) is 5.88 Å². The molecular weight excluding hydrogens is 382 g/mol. The molecule has 0 aliphatic rings. The van der Waals surface area contributed by atoms with Gasteiger partial charge in [0.25, 0.3) is 10.0 Å². The Hall–Kier alpha value is -2.19. The van der Waals surface area contributed by atoms with Crippen molar-refractivity contribution in [3.05, 3.63) is 53.3 Å². The first-order valence-corrected chi connectivity index (χ1v) is 8.85. The second kappa shape index (κ2) is 6.13. The third-order valence-corrected chi connectivity index (χ3v) is 4.97. The summed E-state index contributed by atoms with van der Waals surface area (Å²) in [5, 5.41) is 0.745. The molecule has 0 atom stereocenters. The van der Waals surface area contributed by atoms with Crippen LogP contribution in [0.15, 0.2) is 58.2 Å². The predicted molar refractivity (Wildman–Crippen MR) is 91.0 cm³/mol. The van der Waals surface area contributed by atoms with Crippen LogP contribution >= 0.6 is 15.9 Å². The zero-order valence-corrected chi connectivity index (χ0v) is 14.4. The molecule has 2 aromatic heterocycles. The van der Waals surface area contributed by atoms with Gasteiger partial charge >= 0.3 is 0 Å². The average Bonchev–Trinajstić information content (AvgIpc) is 2.54. The number of ether oxygens (including phenoxy) is 1. The van der Waals surface area contributed by atoms with Gasteiger partial charge in [0, 0.05) is 22.3 Å². The molecule has 0 radical (unpaired) electrons. The standard InChI is InChI=1S/C15H12BrN3O3S/c1-22-15-12(8-11(16)9-18-15)19-23(20,21)13-6-2-4-10-5-3-7-17-14(10)13/h2-9,19H,1H3. The molecule has 1 N–H and O–H groups in total. The van der Waals surface area contributed by atoms with Crippen LogP contribution in [0.25, 0.3) is 10.9 Å². The zero-order chi connectivity index (χ0) is 16.4. The number of pyridine rings is 2. The van der Waals surface area contributed by atoms with E-state index in [4.69, 9.17) is 4.74 Å². The molecule has 6 nitrogen and oxygen atoms in total. The van der Waals surface area contributed by atoms with Crippen LogP contribution in [-0.2, 0) is 10.0 Å². The van der Waals surface area contributed by atoms with Crippen LogP contribution in [0.4, 0.5) is 5.69 Å². The lowest BCUT2D eigenvalue weighted by atomic mass is 10.2. The first kappa shape index (κ1) is 15.7. The van der Waals surface area contributed by atoms with Gasteiger partial charge in [-0.1, -0.05) is 18.2 Å². The summed E-state index contributed by atoms with van der Waals surface area (Å²) >= 11 is 3.26. The highest BCUT2D eigenvalue weighted by molar-refractivity contribution is 9.10. The van der Waals surface area contributed by atoms with Crippen LogP contribution in [-0.4, -0.2) is 25.5 Å². The molecule has 23 heavy (non-hydrogen) atoms. The molecule has 0 saturated carbocycles. The molecule has 3 rings (SSSR count). The summed E-state index contributed by atoms with van der Waals surface area (Å²) in [5.74, 6) is 0.185. The predicted octanol–water partition coefficient (Wildman–Crippen LogP) is 3.20. The second-order valence-corrected chi connectivity index (χ2v) is 7.21. The lowest BCUT2D eigenvalue weighted by Crippen LogP contribution is -2.14. The Bertz CT molecular complexity index is 971. The minimum absolute atomic E-state index is 0.0950. The summed E-state index contributed by atoms with van der Waals surface area (Å²) in [6.45, 7) is 0. The van der Waals surface area contributed by atoms with Crippen molar-refractivity contribution in [3.8, 4) is 5.88 Å². The van der Waals surface area contributed by atoms with Crippen molar-refractivity contribution in [2.24, 2.45) is 0 Å². The Morgan fingerprint density at radius 1 is 1.17 bits per heavy atom. The average molecular weight is 394 g/mol. The number of anilines is 1. The van der Waals surface area contributed by atoms with E-state index in [0.717, 1.165) is 5.39 Å². The number of aromatic nitrogens is 2. The third-order valence-electron chi connectivity index (χ3n) is 3.14. The molecule has 3 aromatic rings. The normalized spacial score (nSPS) is 11.4. The Morgan fingerprint density at radius 3 is 2.74 bits per heavy atom. The van der Waals surface area contributed by atoms with Gasteiger partial charge in [-0.05, 0) is 34.1 Å². The summed E-state index contributed by atoms with van der Waals surface area (Å²) in [7, 11) is -2.42. The fourth-order valence-corrected chi connectivity index (χ4v) is 3.72. The van der Waals surface area contributed by atoms with Gasteiger partial charge in [0.1, 0.15) is 10.6 Å². The van der Waals surface area contributed by atoms with Crippen molar-refractivity contribution in [2.45, 2.75) is 4.90 Å². The summed E-state index contributed by atoms with van der Waals surface area (Å²) in [4.78, 5) is 8.29. The highest BCUT2D eigenvalue weighted by Crippen LogP contribution is 2.29. The van der Waals surface area contributed by atoms with Gasteiger partial charge in [-0.15, -0.1) is 0 Å². The van der Waals surface area contributed by atoms with Crippen molar-refractivity contribution in [3.63, 3.8) is 0 Å². The Balaban J connectivity index is 2.10. The summed E-state index contributed by atoms with van der Waals surface area (Å²) in [6, 6.07) is 10.1. The number of hydrogen-bond donors (Lipinski definition) is 1. The van der Waals surface area contributed by atoms with E-state index in [0.29, 0.717) is 9.99 Å². The maximum Gasteiger partial charge on any atom is 0.264 e. The Labute approximate surface area is 141 Å². The van der Waals surface area contributed by atoms with E-state index in [1.54, 1.807) is 24.4 Å². The van der Waals surface area contributed by atoms with Gasteiger partial charge in [0.15, 0.2) is 0 Å². The van der Waals surface area contributed by atoms with Crippen molar-refractivity contribution in [1.82, 2.24) is 9.97 Å². The Kier molecular flexibility index (Phi) is 4.18. The van der Waals surface area contributed by atoms with Gasteiger partial charge < -0.3 is 4.74 Å². The molecule has 118 valence electrons. The highest BCUT2D eigenvalue weighted by atomic mass is 79.9. The van der Waals surface area contributed by atoms with Gasteiger partial charge in [-0.2, -0.15) is 0 Å². The van der Waals surface area contributed by atoms with Crippen molar-refractivity contribution >= 4 is 42.5 Å². The molecule has 0 saturated heterocycles. The second-order valence-electron chi connectivity index (χ2n) is 4.65. The fraction of sp³-hybridized carbons (Fsp3) is 0.0667. The smallest absolute Gasteiger partial charge is 0.264 e. The largest absolute Gasteiger partial charge is 0.479 e. The van der Waals surface area contributed by atoms with E-state index >= 15 is 0 Å². The number of fused-ring (bicyclic) bond motifs is 1. The van der Waals surface area contributed by atoms with Crippen LogP contribution in [0.5, 0.6) is 5.88 Å². The van der Waals surface area contributed by atoms with Crippen LogP contribution in [0, 0.1) is 0 Å². The monoisotopic (exact) mass is 393 g/mol. The van der Waals surface area contributed by atoms with Gasteiger partial charge in [0.05, 0.1) is 12.6 Å². The number of sulfonamides is 1. The quantitative estimate of drug-likeness (QED) is 0.735. The topological polar surface area (TPSA) is 81.2 Å². The fourth-order valence-electron chi connectivity index (χ4n) is 2.16. The maximum absolute atomic E-state index is 12.7. The molecule has 0 bridgehead atoms. The molecule has 0 aliphatic heterocycles. The van der Waals surface area contributed by atoms with Crippen molar-refractivity contribution in [2.75, 3.05) is 11.8 Å². The van der Waals surface area contributed by atoms with Gasteiger partial charge in [-0.3, -0.25) is 9.71 Å². The van der Waals surface area contributed by atoms with E-state index < -0.39 is 10.0 Å². The van der Waals surface area contributed by atoms with Crippen LogP contribution < -0.4 is 9.46 Å². The first-order chi connectivity index (χ1) is 11.0. The SMILES string of the molecule is COc1ncc(Br)cc1NS(=O)(=O)c1cccc2cccnc12. The molecule has 2 heterocycles. The number of benzene rings is 1. The third kappa shape index (κ3) is 3.13. The van der Waals surface area contributed by atoms with E-state index in [9.17, 15) is 8.42 Å². The maximum atomic E-state index is 12.7. The number of rotatable bonds is 4. The molecule has 0 fully saturated rings. The van der Waals surface area contributed by atoms with E-state index in [-0.39, 0.29) is 16.5 Å². The van der Waals surface area contributed by atoms with Crippen LogP contribution in [0.1, 0.15) is 0 Å². The lowest BCUT2D eigenvalue weighted by molar-refractivity contribution is 0.400. The molecule has 8 heteroatoms. The van der Waals surface area contributed by atoms with Crippen LogP contribution in [0.3, 0.4) is 0 Å². The summed E-state index contributed by atoms with van der Waals surface area (Å²) < 4.78 is 33.7. The number of para-hydroxylation sites is 1. The first-order valence-electron chi connectivity index (χ1n) is 6.57. The van der Waals surface area contributed by atoms with Crippen molar-refractivity contribution in [1.29, 1.82) is 0 Å². The number of halogens is 1. The minimum atomic E-state index is -3.84. The zero-order valence-electron chi connectivity index (χ0n) is 12.0. The van der Waals surface area contributed by atoms with E-state index in [1.807, 2.05) is 12.1 Å². The summed E-state index contributed by atoms with van der Waals surface area (Å²) in [6.07, 6.45) is 3.08. The minimum Gasteiger partial charge on any atom is -0.479 e. The molecule has 0 aliphatic carbocycles. The number of nitrogens with one attached hydrogen (secondary N) is 1. The molecule has 0 amide bonds. The molecular formula is C15H12BrN3O3S. The lowest BCUT2D eigenvalue weighted by Gasteiger charge is -2.12. The summed E-state index contributed by atoms with van der Waals surface area (Å²) in [5.41, 5.74) is 0.652. The molecule has 1 aromatic carbocycles. The number of hydrogen-bond acceptors (Lipinski definition) is 5. The van der Waals surface area contributed by atoms with Gasteiger partial charge in [-0.25, -0.2) is 13.4 Å². The highest BCUT2D eigenvalue weighted by Gasteiger charge is 2.20. The molecule has 0 spiro atoms. The number of methoxy groups -OCH3 is 1. The molecule has 0 unspecified atom stereocenters. The van der Waals surface area contributed by atoms with Crippen molar-refractivity contribution < 1.29 is 13.2 Å². The Morgan fingerprint density at radius 2 is 1.96 bits per heavy atom.